The third-order valence-corrected chi connectivity index (χ3v) is 6.30. The molecule has 8 heteroatoms. The first kappa shape index (κ1) is 29.2. The number of amides is 1. The number of aromatic hydroxyl groups is 2. The molecule has 0 aromatic heterocycles. The van der Waals surface area contributed by atoms with Gasteiger partial charge in [0.2, 0.25) is 0 Å². The van der Waals surface area contributed by atoms with Gasteiger partial charge in [-0.05, 0) is 54.2 Å². The van der Waals surface area contributed by atoms with Crippen molar-refractivity contribution in [1.29, 1.82) is 0 Å². The van der Waals surface area contributed by atoms with Crippen molar-refractivity contribution >= 4 is 18.0 Å². The molecule has 0 unspecified atom stereocenters. The molecular weight excluding hydrogens is 520 g/mol. The Morgan fingerprint density at radius 3 is 2.20 bits per heavy atom. The van der Waals surface area contributed by atoms with Crippen LogP contribution in [0.1, 0.15) is 46.3 Å². The van der Waals surface area contributed by atoms with Crippen LogP contribution in [-0.4, -0.2) is 40.2 Å². The first-order valence-corrected chi connectivity index (χ1v) is 13.5. The van der Waals surface area contributed by atoms with Crippen LogP contribution in [-0.2, 0) is 27.5 Å². The van der Waals surface area contributed by atoms with E-state index in [2.05, 4.69) is 5.48 Å². The summed E-state index contributed by atoms with van der Waals surface area (Å²) < 4.78 is 5.32. The largest absolute Gasteiger partial charge is 0.508 e. The molecule has 3 aromatic carbocycles. The van der Waals surface area contributed by atoms with Crippen LogP contribution in [0.3, 0.4) is 0 Å². The lowest BCUT2D eigenvalue weighted by Gasteiger charge is -2.23. The Kier molecular flexibility index (Phi) is 10.7. The van der Waals surface area contributed by atoms with E-state index in [0.717, 1.165) is 30.0 Å². The van der Waals surface area contributed by atoms with E-state index >= 15 is 0 Å². The van der Waals surface area contributed by atoms with Crippen molar-refractivity contribution in [3.05, 3.63) is 125 Å². The zero-order chi connectivity index (χ0) is 28.9. The van der Waals surface area contributed by atoms with Crippen molar-refractivity contribution in [1.82, 2.24) is 10.4 Å². The lowest BCUT2D eigenvalue weighted by Crippen LogP contribution is -2.34. The lowest BCUT2D eigenvalue weighted by atomic mass is 10.0. The Labute approximate surface area is 239 Å². The van der Waals surface area contributed by atoms with Gasteiger partial charge in [0.1, 0.15) is 17.1 Å². The smallest absolute Gasteiger partial charge is 0.342 e. The third-order valence-electron chi connectivity index (χ3n) is 6.30. The molecule has 0 atom stereocenters. The number of rotatable bonds is 8. The van der Waals surface area contributed by atoms with Crippen molar-refractivity contribution in [2.45, 2.75) is 32.4 Å². The average molecular weight is 555 g/mol. The molecule has 0 saturated heterocycles. The van der Waals surface area contributed by atoms with Gasteiger partial charge in [0.25, 0.3) is 5.91 Å². The molecule has 0 saturated carbocycles. The summed E-state index contributed by atoms with van der Waals surface area (Å²) in [5, 5.41) is 20.5. The number of carbonyl (C=O) groups is 2. The minimum absolute atomic E-state index is 0.0792. The SMILES string of the molecule is O=C1OCCC=CCC/C=C/C(NOCC(=O)N(Cc2ccccc2)Cc2ccccc2)=C/c2cc(O)cc(O)c21. The fourth-order valence-corrected chi connectivity index (χ4v) is 4.29. The van der Waals surface area contributed by atoms with Crippen LogP contribution in [0.5, 0.6) is 11.5 Å². The Morgan fingerprint density at radius 1 is 0.878 bits per heavy atom. The van der Waals surface area contributed by atoms with E-state index in [1.165, 1.54) is 6.07 Å². The predicted octanol–water partition coefficient (Wildman–Crippen LogP) is 5.64. The Bertz CT molecular complexity index is 1360. The number of phenols is 2. The zero-order valence-corrected chi connectivity index (χ0v) is 22.7. The van der Waals surface area contributed by atoms with Crippen molar-refractivity contribution in [3.8, 4) is 11.5 Å². The second-order valence-corrected chi connectivity index (χ2v) is 9.52. The number of esters is 1. The van der Waals surface area contributed by atoms with Crippen LogP contribution in [0, 0.1) is 0 Å². The molecule has 8 nitrogen and oxygen atoms in total. The van der Waals surface area contributed by atoms with Gasteiger partial charge in [-0.2, -0.15) is 0 Å². The van der Waals surface area contributed by atoms with Gasteiger partial charge in [-0.3, -0.25) is 15.1 Å². The molecule has 0 fully saturated rings. The monoisotopic (exact) mass is 554 g/mol. The average Bonchev–Trinajstić information content (AvgIpc) is 2.96. The molecule has 0 aliphatic carbocycles. The highest BCUT2D eigenvalue weighted by molar-refractivity contribution is 5.97. The first-order valence-electron chi connectivity index (χ1n) is 13.5. The number of cyclic esters (lactones) is 1. The number of hydroxylamine groups is 1. The van der Waals surface area contributed by atoms with Crippen LogP contribution < -0.4 is 5.48 Å². The Hall–Kier alpha value is -4.82. The summed E-state index contributed by atoms with van der Waals surface area (Å²) in [6.07, 6.45) is 11.3. The summed E-state index contributed by atoms with van der Waals surface area (Å²) in [4.78, 5) is 33.4. The summed E-state index contributed by atoms with van der Waals surface area (Å²) >= 11 is 0. The Morgan fingerprint density at radius 2 is 1.51 bits per heavy atom. The fourth-order valence-electron chi connectivity index (χ4n) is 4.29. The van der Waals surface area contributed by atoms with Crippen LogP contribution >= 0.6 is 0 Å². The van der Waals surface area contributed by atoms with Gasteiger partial charge in [0, 0.05) is 19.2 Å². The molecule has 3 N–H and O–H groups in total. The molecule has 1 aliphatic rings. The van der Waals surface area contributed by atoms with E-state index in [9.17, 15) is 19.8 Å². The topological polar surface area (TPSA) is 108 Å². The quantitative estimate of drug-likeness (QED) is 0.188. The standard InChI is InChI=1S/C33H34N2O6/c36-29-20-27-19-28(17-11-3-1-2-4-12-18-40-33(39)32(27)30(37)21-29)34-41-24-31(38)35(22-25-13-7-5-8-14-25)23-26-15-9-6-10-16-26/h2,4-11,13-17,19-21,34,36-37H,1,3,12,18,22-24H2/b4-2?,17-11+,28-19-. The summed E-state index contributed by atoms with van der Waals surface area (Å²) in [7, 11) is 0. The van der Waals surface area contributed by atoms with Gasteiger partial charge < -0.3 is 19.8 Å². The van der Waals surface area contributed by atoms with Crippen LogP contribution in [0.25, 0.3) is 6.08 Å². The third kappa shape index (κ3) is 9.12. The minimum atomic E-state index is -0.712. The highest BCUT2D eigenvalue weighted by atomic mass is 16.6. The second-order valence-electron chi connectivity index (χ2n) is 9.52. The predicted molar refractivity (Wildman–Crippen MR) is 156 cm³/mol. The number of nitrogens with one attached hydrogen (secondary N) is 1. The number of fused-ring (bicyclic) bond motifs is 1. The molecule has 1 amide bonds. The molecule has 0 spiro atoms. The van der Waals surface area contributed by atoms with E-state index < -0.39 is 11.7 Å². The normalized spacial score (nSPS) is 15.9. The number of nitrogens with zero attached hydrogens (tertiary/aromatic N) is 1. The molecule has 1 heterocycles. The van der Waals surface area contributed by atoms with Crippen molar-refractivity contribution < 1.29 is 29.4 Å². The van der Waals surface area contributed by atoms with E-state index in [0.29, 0.717) is 25.2 Å². The number of ether oxygens (including phenoxy) is 1. The Balaban J connectivity index is 1.52. The van der Waals surface area contributed by atoms with Crippen molar-refractivity contribution in [3.63, 3.8) is 0 Å². The van der Waals surface area contributed by atoms with Crippen LogP contribution in [0.15, 0.2) is 103 Å². The van der Waals surface area contributed by atoms with E-state index in [-0.39, 0.29) is 36.0 Å². The maximum Gasteiger partial charge on any atom is 0.342 e. The van der Waals surface area contributed by atoms with E-state index in [1.807, 2.05) is 78.9 Å². The molecule has 0 bridgehead atoms. The van der Waals surface area contributed by atoms with Crippen molar-refractivity contribution in [2.24, 2.45) is 0 Å². The lowest BCUT2D eigenvalue weighted by molar-refractivity contribution is -0.139. The number of hydrogen-bond donors (Lipinski definition) is 3. The number of hydrogen-bond acceptors (Lipinski definition) is 7. The maximum absolute atomic E-state index is 13.3. The number of benzene rings is 3. The number of allylic oxidation sites excluding steroid dienone is 3. The van der Waals surface area contributed by atoms with Gasteiger partial charge in [0.05, 0.1) is 12.3 Å². The summed E-state index contributed by atoms with van der Waals surface area (Å²) in [5.74, 6) is -1.55. The number of phenolic OH excluding ortho intramolecular Hbond substituents is 2. The van der Waals surface area contributed by atoms with Gasteiger partial charge in [-0.15, -0.1) is 0 Å². The minimum Gasteiger partial charge on any atom is -0.508 e. The maximum atomic E-state index is 13.3. The molecule has 212 valence electrons. The molecule has 41 heavy (non-hydrogen) atoms. The summed E-state index contributed by atoms with van der Waals surface area (Å²) in [6, 6.07) is 21.9. The van der Waals surface area contributed by atoms with Gasteiger partial charge in [-0.25, -0.2) is 4.79 Å². The molecule has 4 rings (SSSR count). The summed E-state index contributed by atoms with van der Waals surface area (Å²) in [5.41, 5.74) is 5.37. The van der Waals surface area contributed by atoms with Crippen molar-refractivity contribution in [2.75, 3.05) is 13.2 Å². The van der Waals surface area contributed by atoms with Crippen LogP contribution in [0.2, 0.25) is 0 Å². The molecule has 1 aliphatic heterocycles. The van der Waals surface area contributed by atoms with E-state index in [1.54, 1.807) is 17.1 Å². The molecular formula is C33H34N2O6. The summed E-state index contributed by atoms with van der Waals surface area (Å²) in [6.45, 7) is 0.741. The molecule has 0 radical (unpaired) electrons. The van der Waals surface area contributed by atoms with Gasteiger partial charge in [-0.1, -0.05) is 78.9 Å². The van der Waals surface area contributed by atoms with Gasteiger partial charge in [0.15, 0.2) is 6.61 Å². The highest BCUT2D eigenvalue weighted by Crippen LogP contribution is 2.30. The zero-order valence-electron chi connectivity index (χ0n) is 22.7. The fraction of sp³-hybridized carbons (Fsp3) is 0.212. The van der Waals surface area contributed by atoms with E-state index in [4.69, 9.17) is 9.57 Å². The first-order chi connectivity index (χ1) is 20.0. The molecule has 3 aromatic rings. The highest BCUT2D eigenvalue weighted by Gasteiger charge is 2.19. The van der Waals surface area contributed by atoms with Crippen LogP contribution in [0.4, 0.5) is 0 Å². The number of carbonyl (C=O) groups excluding carboxylic acids is 2. The second kappa shape index (κ2) is 15.1. The van der Waals surface area contributed by atoms with Gasteiger partial charge >= 0.3 is 5.97 Å².